The lowest BCUT2D eigenvalue weighted by Crippen LogP contribution is -2.35. The molecule has 0 radical (unpaired) electrons. The molecule has 1 atom stereocenters. The Morgan fingerprint density at radius 3 is 2.44 bits per heavy atom. The van der Waals surface area contributed by atoms with Gasteiger partial charge in [0.1, 0.15) is 0 Å². The van der Waals surface area contributed by atoms with E-state index in [-0.39, 0.29) is 19.6 Å². The van der Waals surface area contributed by atoms with Crippen molar-refractivity contribution in [2.24, 2.45) is 5.92 Å². The largest absolute Gasteiger partial charge is 0.481 e. The molecule has 0 bridgehead atoms. The number of aliphatic hydroxyl groups is 1. The summed E-state index contributed by atoms with van der Waals surface area (Å²) in [4.78, 5) is 21.9. The van der Waals surface area contributed by atoms with Crippen LogP contribution < -0.4 is 10.6 Å². The van der Waals surface area contributed by atoms with Gasteiger partial charge in [-0.1, -0.05) is 18.2 Å². The van der Waals surface area contributed by atoms with Gasteiger partial charge in [-0.15, -0.1) is 0 Å². The van der Waals surface area contributed by atoms with Crippen molar-refractivity contribution in [1.29, 1.82) is 0 Å². The number of carboxylic acid groups (broad SMARTS) is 1. The Kier molecular flexibility index (Phi) is 5.66. The lowest BCUT2D eigenvalue weighted by atomic mass is 10.1. The Morgan fingerprint density at radius 1 is 1.22 bits per heavy atom. The van der Waals surface area contributed by atoms with Gasteiger partial charge in [0.25, 0.3) is 0 Å². The maximum atomic E-state index is 11.5. The van der Waals surface area contributed by atoms with Crippen LogP contribution in [0.25, 0.3) is 0 Å². The number of carbonyl (C=O) groups is 2. The van der Waals surface area contributed by atoms with E-state index >= 15 is 0 Å². The van der Waals surface area contributed by atoms with Crippen LogP contribution in [0.3, 0.4) is 0 Å². The number of urea groups is 1. The fraction of sp³-hybridized carbons (Fsp3) is 0.333. The first-order chi connectivity index (χ1) is 8.61. The standard InChI is InChI=1S/C12H16N2O4/c15-8-9(6-11(16)17)7-13-12(18)14-10-4-2-1-3-5-10/h1-5,9,15H,6-8H2,(H,16,17)(H2,13,14,18). The Balaban J connectivity index is 2.34. The number of aliphatic hydroxyl groups excluding tert-OH is 1. The summed E-state index contributed by atoms with van der Waals surface area (Å²) >= 11 is 0. The third-order valence-corrected chi connectivity index (χ3v) is 2.30. The van der Waals surface area contributed by atoms with Crippen LogP contribution in [0.5, 0.6) is 0 Å². The van der Waals surface area contributed by atoms with Gasteiger partial charge in [0.05, 0.1) is 6.42 Å². The van der Waals surface area contributed by atoms with E-state index in [1.165, 1.54) is 0 Å². The van der Waals surface area contributed by atoms with E-state index in [1.807, 2.05) is 6.07 Å². The van der Waals surface area contributed by atoms with Crippen LogP contribution in [0.15, 0.2) is 30.3 Å². The van der Waals surface area contributed by atoms with Gasteiger partial charge in [-0.25, -0.2) is 4.79 Å². The molecule has 98 valence electrons. The molecule has 18 heavy (non-hydrogen) atoms. The summed E-state index contributed by atoms with van der Waals surface area (Å²) in [7, 11) is 0. The van der Waals surface area contributed by atoms with Gasteiger partial charge in [0.2, 0.25) is 0 Å². The highest BCUT2D eigenvalue weighted by Gasteiger charge is 2.13. The van der Waals surface area contributed by atoms with Crippen LogP contribution in [0.1, 0.15) is 6.42 Å². The van der Waals surface area contributed by atoms with Crippen LogP contribution >= 0.6 is 0 Å². The first-order valence-corrected chi connectivity index (χ1v) is 5.54. The van der Waals surface area contributed by atoms with E-state index in [0.29, 0.717) is 5.69 Å². The normalized spacial score (nSPS) is 11.6. The van der Waals surface area contributed by atoms with E-state index in [9.17, 15) is 9.59 Å². The van der Waals surface area contributed by atoms with Crippen molar-refractivity contribution < 1.29 is 19.8 Å². The van der Waals surface area contributed by atoms with Gasteiger partial charge in [0, 0.05) is 24.8 Å². The molecule has 6 heteroatoms. The van der Waals surface area contributed by atoms with Crippen molar-refractivity contribution in [3.05, 3.63) is 30.3 Å². The molecule has 1 aromatic rings. The second kappa shape index (κ2) is 7.29. The first kappa shape index (κ1) is 14.0. The fourth-order valence-corrected chi connectivity index (χ4v) is 1.38. The third-order valence-electron chi connectivity index (χ3n) is 2.30. The molecular formula is C12H16N2O4. The van der Waals surface area contributed by atoms with E-state index in [1.54, 1.807) is 24.3 Å². The number of hydrogen-bond acceptors (Lipinski definition) is 3. The minimum atomic E-state index is -1.00. The van der Waals surface area contributed by atoms with Crippen LogP contribution in [-0.4, -0.2) is 35.4 Å². The van der Waals surface area contributed by atoms with Gasteiger partial charge >= 0.3 is 12.0 Å². The highest BCUT2D eigenvalue weighted by atomic mass is 16.4. The number of benzene rings is 1. The van der Waals surface area contributed by atoms with E-state index < -0.39 is 17.9 Å². The van der Waals surface area contributed by atoms with Gasteiger partial charge in [-0.3, -0.25) is 4.79 Å². The number of aliphatic carboxylic acids is 1. The molecule has 2 amide bonds. The van der Waals surface area contributed by atoms with Gasteiger partial charge < -0.3 is 20.8 Å². The van der Waals surface area contributed by atoms with Crippen molar-refractivity contribution in [2.45, 2.75) is 6.42 Å². The van der Waals surface area contributed by atoms with Crippen molar-refractivity contribution in [2.75, 3.05) is 18.5 Å². The number of anilines is 1. The Morgan fingerprint density at radius 2 is 1.89 bits per heavy atom. The summed E-state index contributed by atoms with van der Waals surface area (Å²) in [6.45, 7) is -0.167. The molecule has 0 aliphatic rings. The predicted octanol–water partition coefficient (Wildman–Crippen LogP) is 0.891. The second-order valence-corrected chi connectivity index (χ2v) is 3.85. The lowest BCUT2D eigenvalue weighted by molar-refractivity contribution is -0.138. The highest BCUT2D eigenvalue weighted by molar-refractivity contribution is 5.89. The zero-order valence-corrected chi connectivity index (χ0v) is 9.80. The molecule has 0 aliphatic heterocycles. The number of carbonyl (C=O) groups excluding carboxylic acids is 1. The predicted molar refractivity (Wildman–Crippen MR) is 66.3 cm³/mol. The highest BCUT2D eigenvalue weighted by Crippen LogP contribution is 2.05. The van der Waals surface area contributed by atoms with Crippen molar-refractivity contribution >= 4 is 17.7 Å². The first-order valence-electron chi connectivity index (χ1n) is 5.54. The van der Waals surface area contributed by atoms with Gasteiger partial charge in [0.15, 0.2) is 0 Å². The summed E-state index contributed by atoms with van der Waals surface area (Å²) in [5.41, 5.74) is 0.647. The number of hydrogen-bond donors (Lipinski definition) is 4. The Bertz CT molecular complexity index is 394. The van der Waals surface area contributed by atoms with Crippen molar-refractivity contribution in [3.63, 3.8) is 0 Å². The SMILES string of the molecule is O=C(O)CC(CO)CNC(=O)Nc1ccccc1. The van der Waals surface area contributed by atoms with Gasteiger partial charge in [-0.05, 0) is 12.1 Å². The number of rotatable bonds is 6. The van der Waals surface area contributed by atoms with E-state index in [4.69, 9.17) is 10.2 Å². The monoisotopic (exact) mass is 252 g/mol. The molecule has 1 rings (SSSR count). The number of amides is 2. The molecule has 0 saturated carbocycles. The molecule has 0 heterocycles. The molecule has 0 spiro atoms. The second-order valence-electron chi connectivity index (χ2n) is 3.85. The van der Waals surface area contributed by atoms with Crippen LogP contribution in [0, 0.1) is 5.92 Å². The molecule has 1 aromatic carbocycles. The summed E-state index contributed by atoms with van der Waals surface area (Å²) < 4.78 is 0. The zero-order valence-electron chi connectivity index (χ0n) is 9.80. The van der Waals surface area contributed by atoms with Crippen LogP contribution in [0.4, 0.5) is 10.5 Å². The molecule has 6 nitrogen and oxygen atoms in total. The summed E-state index contributed by atoms with van der Waals surface area (Å²) in [6, 6.07) is 8.45. The van der Waals surface area contributed by atoms with Crippen LogP contribution in [-0.2, 0) is 4.79 Å². The topological polar surface area (TPSA) is 98.7 Å². The average Bonchev–Trinajstić information content (AvgIpc) is 2.35. The molecule has 0 aliphatic carbocycles. The van der Waals surface area contributed by atoms with E-state index in [0.717, 1.165) is 0 Å². The summed E-state index contributed by atoms with van der Waals surface area (Å²) in [6.07, 6.45) is -0.178. The van der Waals surface area contributed by atoms with Crippen molar-refractivity contribution in [1.82, 2.24) is 5.32 Å². The van der Waals surface area contributed by atoms with E-state index in [2.05, 4.69) is 10.6 Å². The maximum absolute atomic E-state index is 11.5. The van der Waals surface area contributed by atoms with Crippen LogP contribution in [0.2, 0.25) is 0 Å². The Hall–Kier alpha value is -2.08. The average molecular weight is 252 g/mol. The fourth-order valence-electron chi connectivity index (χ4n) is 1.38. The minimum absolute atomic E-state index is 0.113. The molecule has 0 saturated heterocycles. The smallest absolute Gasteiger partial charge is 0.319 e. The van der Waals surface area contributed by atoms with Gasteiger partial charge in [-0.2, -0.15) is 0 Å². The zero-order chi connectivity index (χ0) is 13.4. The van der Waals surface area contributed by atoms with Crippen molar-refractivity contribution in [3.8, 4) is 0 Å². The number of para-hydroxylation sites is 1. The summed E-state index contributed by atoms with van der Waals surface area (Å²) in [5, 5.41) is 22.6. The summed E-state index contributed by atoms with van der Waals surface area (Å²) in [5.74, 6) is -1.48. The number of nitrogens with one attached hydrogen (secondary N) is 2. The third kappa shape index (κ3) is 5.31. The molecule has 4 N–H and O–H groups in total. The molecule has 1 unspecified atom stereocenters. The maximum Gasteiger partial charge on any atom is 0.319 e. The molecular weight excluding hydrogens is 236 g/mol. The Labute approximate surface area is 105 Å². The lowest BCUT2D eigenvalue weighted by Gasteiger charge is -2.13. The minimum Gasteiger partial charge on any atom is -0.481 e. The molecule has 0 aromatic heterocycles. The quantitative estimate of drug-likeness (QED) is 0.604. The number of carboxylic acids is 1. The molecule has 0 fully saturated rings.